The predicted molar refractivity (Wildman–Crippen MR) is 63.6 cm³/mol. The van der Waals surface area contributed by atoms with Crippen molar-refractivity contribution in [3.05, 3.63) is 45.3 Å². The van der Waals surface area contributed by atoms with E-state index in [0.717, 1.165) is 9.13 Å². The summed E-state index contributed by atoms with van der Waals surface area (Å²) in [5.74, 6) is -0.0232. The van der Waals surface area contributed by atoms with Crippen molar-refractivity contribution in [1.82, 2.24) is 15.4 Å². The van der Waals surface area contributed by atoms with Gasteiger partial charge in [-0.1, -0.05) is 12.1 Å². The SMILES string of the molecule is O=C(Cc1ccc(I)cc1)c1cn[nH]n1. The van der Waals surface area contributed by atoms with Gasteiger partial charge in [-0.15, -0.1) is 0 Å². The van der Waals surface area contributed by atoms with Gasteiger partial charge in [0.05, 0.1) is 6.20 Å². The van der Waals surface area contributed by atoms with E-state index in [1.807, 2.05) is 24.3 Å². The molecule has 0 atom stereocenters. The molecule has 0 amide bonds. The predicted octanol–water partition coefficient (Wildman–Crippen LogP) is 1.83. The molecule has 2 aromatic rings. The fourth-order valence-corrected chi connectivity index (χ4v) is 1.57. The van der Waals surface area contributed by atoms with E-state index in [0.29, 0.717) is 12.1 Å². The highest BCUT2D eigenvalue weighted by Crippen LogP contribution is 2.09. The Hall–Kier alpha value is -1.24. The highest BCUT2D eigenvalue weighted by atomic mass is 127. The van der Waals surface area contributed by atoms with Crippen molar-refractivity contribution in [2.75, 3.05) is 0 Å². The van der Waals surface area contributed by atoms with Crippen LogP contribution in [0.15, 0.2) is 30.5 Å². The summed E-state index contributed by atoms with van der Waals surface area (Å²) in [7, 11) is 0. The lowest BCUT2D eigenvalue weighted by molar-refractivity contribution is 0.0988. The molecule has 5 heteroatoms. The Morgan fingerprint density at radius 3 is 2.67 bits per heavy atom. The Morgan fingerprint density at radius 2 is 2.07 bits per heavy atom. The van der Waals surface area contributed by atoms with E-state index in [1.54, 1.807) is 0 Å². The molecule has 1 N–H and O–H groups in total. The van der Waals surface area contributed by atoms with Crippen molar-refractivity contribution in [2.24, 2.45) is 0 Å². The first-order chi connectivity index (χ1) is 7.25. The van der Waals surface area contributed by atoms with E-state index >= 15 is 0 Å². The zero-order valence-electron chi connectivity index (χ0n) is 7.77. The molecule has 0 spiro atoms. The number of hydrogen-bond acceptors (Lipinski definition) is 3. The van der Waals surface area contributed by atoms with Crippen LogP contribution in [0.1, 0.15) is 16.1 Å². The van der Waals surface area contributed by atoms with Crippen LogP contribution in [0.3, 0.4) is 0 Å². The number of hydrogen-bond donors (Lipinski definition) is 1. The zero-order valence-corrected chi connectivity index (χ0v) is 9.93. The number of aromatic nitrogens is 3. The second kappa shape index (κ2) is 4.52. The van der Waals surface area contributed by atoms with Crippen LogP contribution >= 0.6 is 22.6 Å². The molecule has 1 aromatic carbocycles. The summed E-state index contributed by atoms with van der Waals surface area (Å²) >= 11 is 2.23. The minimum atomic E-state index is -0.0232. The van der Waals surface area contributed by atoms with Gasteiger partial charge >= 0.3 is 0 Å². The smallest absolute Gasteiger partial charge is 0.189 e. The normalized spacial score (nSPS) is 10.2. The first kappa shape index (κ1) is 10.3. The van der Waals surface area contributed by atoms with Gasteiger partial charge < -0.3 is 0 Å². The molecule has 0 fully saturated rings. The summed E-state index contributed by atoms with van der Waals surface area (Å²) in [5.41, 5.74) is 1.37. The monoisotopic (exact) mass is 313 g/mol. The first-order valence-electron chi connectivity index (χ1n) is 4.39. The second-order valence-corrected chi connectivity index (χ2v) is 4.33. The van der Waals surface area contributed by atoms with E-state index in [1.165, 1.54) is 6.20 Å². The van der Waals surface area contributed by atoms with Crippen LogP contribution < -0.4 is 0 Å². The number of benzene rings is 1. The van der Waals surface area contributed by atoms with Crippen molar-refractivity contribution >= 4 is 28.4 Å². The number of aromatic amines is 1. The molecule has 0 unspecified atom stereocenters. The number of nitrogens with one attached hydrogen (secondary N) is 1. The van der Waals surface area contributed by atoms with Crippen LogP contribution in [0.4, 0.5) is 0 Å². The minimum absolute atomic E-state index is 0.0232. The molecule has 76 valence electrons. The Morgan fingerprint density at radius 1 is 1.33 bits per heavy atom. The fourth-order valence-electron chi connectivity index (χ4n) is 1.21. The van der Waals surface area contributed by atoms with Crippen LogP contribution in [0, 0.1) is 3.57 Å². The molecule has 0 bridgehead atoms. The van der Waals surface area contributed by atoms with Crippen molar-refractivity contribution in [2.45, 2.75) is 6.42 Å². The Bertz CT molecular complexity index is 450. The molecule has 0 saturated heterocycles. The Balaban J connectivity index is 2.09. The third-order valence-electron chi connectivity index (χ3n) is 1.98. The van der Waals surface area contributed by atoms with Crippen LogP contribution in [0.25, 0.3) is 0 Å². The molecule has 0 radical (unpaired) electrons. The third-order valence-corrected chi connectivity index (χ3v) is 2.70. The average molecular weight is 313 g/mol. The van der Waals surface area contributed by atoms with Gasteiger partial charge in [-0.3, -0.25) is 4.79 Å². The maximum Gasteiger partial charge on any atom is 0.189 e. The first-order valence-corrected chi connectivity index (χ1v) is 5.47. The van der Waals surface area contributed by atoms with E-state index in [2.05, 4.69) is 38.0 Å². The number of nitrogens with zero attached hydrogens (tertiary/aromatic N) is 2. The maximum atomic E-state index is 11.6. The molecule has 0 aliphatic rings. The Kier molecular flexibility index (Phi) is 3.10. The van der Waals surface area contributed by atoms with Crippen molar-refractivity contribution in [1.29, 1.82) is 0 Å². The molecule has 4 nitrogen and oxygen atoms in total. The second-order valence-electron chi connectivity index (χ2n) is 3.08. The van der Waals surface area contributed by atoms with Crippen molar-refractivity contribution < 1.29 is 4.79 Å². The van der Waals surface area contributed by atoms with Crippen LogP contribution in [-0.2, 0) is 6.42 Å². The summed E-state index contributed by atoms with van der Waals surface area (Å²) in [4.78, 5) is 11.6. The third kappa shape index (κ3) is 2.62. The summed E-state index contributed by atoms with van der Waals surface area (Å²) in [6, 6.07) is 7.84. The van der Waals surface area contributed by atoms with E-state index in [-0.39, 0.29) is 5.78 Å². The van der Waals surface area contributed by atoms with Gasteiger partial charge in [0.1, 0.15) is 5.69 Å². The molecular formula is C10H8IN3O. The average Bonchev–Trinajstić information content (AvgIpc) is 2.74. The lowest BCUT2D eigenvalue weighted by Gasteiger charge is -1.98. The lowest BCUT2D eigenvalue weighted by Crippen LogP contribution is -2.03. The van der Waals surface area contributed by atoms with E-state index < -0.39 is 0 Å². The van der Waals surface area contributed by atoms with E-state index in [9.17, 15) is 4.79 Å². The standard InChI is InChI=1S/C10H8IN3O/c11-8-3-1-7(2-4-8)5-10(15)9-6-12-14-13-9/h1-4,6H,5H2,(H,12,13,14). The largest absolute Gasteiger partial charge is 0.292 e. The molecule has 0 saturated carbocycles. The quantitative estimate of drug-likeness (QED) is 0.695. The molecule has 2 rings (SSSR count). The minimum Gasteiger partial charge on any atom is -0.292 e. The lowest BCUT2D eigenvalue weighted by atomic mass is 10.1. The molecule has 0 aliphatic heterocycles. The number of carbonyl (C=O) groups excluding carboxylic acids is 1. The molecule has 0 aliphatic carbocycles. The van der Waals surface area contributed by atoms with Gasteiger partial charge in [-0.25, -0.2) is 0 Å². The number of rotatable bonds is 3. The zero-order chi connectivity index (χ0) is 10.7. The number of carbonyl (C=O) groups is 1. The summed E-state index contributed by atoms with van der Waals surface area (Å²) < 4.78 is 1.16. The maximum absolute atomic E-state index is 11.6. The van der Waals surface area contributed by atoms with Crippen LogP contribution in [0.2, 0.25) is 0 Å². The highest BCUT2D eigenvalue weighted by molar-refractivity contribution is 14.1. The van der Waals surface area contributed by atoms with Crippen LogP contribution in [0.5, 0.6) is 0 Å². The molecule has 15 heavy (non-hydrogen) atoms. The van der Waals surface area contributed by atoms with Crippen molar-refractivity contribution in [3.63, 3.8) is 0 Å². The van der Waals surface area contributed by atoms with Gasteiger partial charge in [-0.05, 0) is 40.3 Å². The van der Waals surface area contributed by atoms with Gasteiger partial charge in [0.15, 0.2) is 5.78 Å². The van der Waals surface area contributed by atoms with Crippen LogP contribution in [-0.4, -0.2) is 21.2 Å². The highest BCUT2D eigenvalue weighted by Gasteiger charge is 2.09. The summed E-state index contributed by atoms with van der Waals surface area (Å²) in [6.45, 7) is 0. The molecular weight excluding hydrogens is 305 g/mol. The summed E-state index contributed by atoms with van der Waals surface area (Å²) in [6.07, 6.45) is 1.80. The molecule has 1 heterocycles. The molecule has 1 aromatic heterocycles. The number of H-pyrrole nitrogens is 1. The summed E-state index contributed by atoms with van der Waals surface area (Å²) in [5, 5.41) is 9.77. The number of halogens is 1. The number of Topliss-reactive ketones (excluding diaryl/α,β-unsaturated/α-hetero) is 1. The van der Waals surface area contributed by atoms with Crippen molar-refractivity contribution in [3.8, 4) is 0 Å². The Labute approximate surface area is 100 Å². The topological polar surface area (TPSA) is 58.6 Å². The van der Waals surface area contributed by atoms with Gasteiger partial charge in [-0.2, -0.15) is 15.4 Å². The van der Waals surface area contributed by atoms with E-state index in [4.69, 9.17) is 0 Å². The van der Waals surface area contributed by atoms with Gasteiger partial charge in [0, 0.05) is 9.99 Å². The van der Waals surface area contributed by atoms with Gasteiger partial charge in [0.2, 0.25) is 0 Å². The number of ketones is 1. The van der Waals surface area contributed by atoms with Gasteiger partial charge in [0.25, 0.3) is 0 Å². The fraction of sp³-hybridized carbons (Fsp3) is 0.100.